The number of fused-ring (bicyclic) bond motifs is 4. The van der Waals surface area contributed by atoms with Crippen molar-refractivity contribution in [2.75, 3.05) is 88.8 Å². The first-order valence-corrected chi connectivity index (χ1v) is 50.7. The lowest BCUT2D eigenvalue weighted by molar-refractivity contribution is 0.0727. The highest BCUT2D eigenvalue weighted by Crippen LogP contribution is 2.44. The van der Waals surface area contributed by atoms with E-state index in [9.17, 15) is 8.78 Å². The average molecular weight is 1940 g/mol. The Hall–Kier alpha value is -9.42. The fourth-order valence-corrected chi connectivity index (χ4v) is 21.1. The minimum Gasteiger partial charge on any atom is -0.381 e. The molecule has 8 aromatic heterocycles. The molecule has 20 rings (SSSR count). The van der Waals surface area contributed by atoms with Crippen LogP contribution in [-0.4, -0.2) is 212 Å². The highest BCUT2D eigenvalue weighted by molar-refractivity contribution is 6.33. The number of hydrogen-bond donors (Lipinski definition) is 6. The van der Waals surface area contributed by atoms with E-state index in [-0.39, 0.29) is 56.7 Å². The first-order chi connectivity index (χ1) is 66.6. The number of pyridine rings is 4. The van der Waals surface area contributed by atoms with Crippen molar-refractivity contribution >= 4 is 78.4 Å². The number of benzene rings is 4. The quantitative estimate of drug-likeness (QED) is 0.0343. The van der Waals surface area contributed by atoms with E-state index in [0.29, 0.717) is 128 Å². The Bertz CT molecular complexity index is 5740. The molecule has 6 N–H and O–H groups in total. The molecule has 4 aromatic carbocycles. The van der Waals surface area contributed by atoms with Gasteiger partial charge in [0.2, 0.25) is 0 Å². The first kappa shape index (κ1) is 103. The van der Waals surface area contributed by atoms with Gasteiger partial charge in [-0.05, 0) is 318 Å². The Kier molecular flexibility index (Phi) is 35.7. The van der Waals surface area contributed by atoms with Crippen LogP contribution in [0.5, 0.6) is 0 Å². The van der Waals surface area contributed by atoms with E-state index in [2.05, 4.69) is 120 Å². The van der Waals surface area contributed by atoms with Gasteiger partial charge in [-0.25, -0.2) is 37.5 Å². The number of nitrogens with zero attached hydrogens (tertiary/aromatic N) is 14. The number of nitrogens with one attached hydrogen (secondary N) is 6. The second kappa shape index (κ2) is 47.9. The summed E-state index contributed by atoms with van der Waals surface area (Å²) in [5, 5.41) is 41.1. The molecule has 0 spiro atoms. The molecule has 12 aromatic rings. The van der Waals surface area contributed by atoms with Crippen molar-refractivity contribution in [2.45, 2.75) is 312 Å². The monoisotopic (exact) mass is 1940 g/mol. The Morgan fingerprint density at radius 2 is 0.580 bits per heavy atom. The van der Waals surface area contributed by atoms with Gasteiger partial charge in [0.05, 0.1) is 22.3 Å². The Labute approximate surface area is 817 Å². The molecule has 8 aliphatic heterocycles. The predicted octanol–water partition coefficient (Wildman–Crippen LogP) is 19.8. The van der Waals surface area contributed by atoms with Gasteiger partial charge in [-0.3, -0.25) is 0 Å². The molecule has 0 bridgehead atoms. The van der Waals surface area contributed by atoms with Crippen molar-refractivity contribution in [1.82, 2.24) is 92.4 Å². The van der Waals surface area contributed by atoms with E-state index >= 15 is 8.78 Å². The van der Waals surface area contributed by atoms with Gasteiger partial charge in [0, 0.05) is 160 Å². The van der Waals surface area contributed by atoms with Gasteiger partial charge in [0.15, 0.2) is 23.3 Å². The number of hydrogen-bond acceptors (Lipinski definition) is 28. The molecule has 744 valence electrons. The lowest BCUT2D eigenvalue weighted by atomic mass is 9.94. The second-order valence-electron chi connectivity index (χ2n) is 38.5. The summed E-state index contributed by atoms with van der Waals surface area (Å²) in [6, 6.07) is 20.7. The van der Waals surface area contributed by atoms with Crippen LogP contribution in [0.1, 0.15) is 226 Å². The lowest BCUT2D eigenvalue weighted by Crippen LogP contribution is -2.51. The van der Waals surface area contributed by atoms with Crippen LogP contribution < -0.4 is 41.7 Å². The first-order valence-electron chi connectivity index (χ1n) is 50.0. The molecule has 0 unspecified atom stereocenters. The predicted molar refractivity (Wildman–Crippen MR) is 534 cm³/mol. The molecule has 8 aliphatic rings. The van der Waals surface area contributed by atoms with Crippen molar-refractivity contribution in [2.24, 2.45) is 0 Å². The summed E-state index contributed by atoms with van der Waals surface area (Å²) in [6.45, 7) is 42.9. The maximum Gasteiger partial charge on any atom is 0.261 e. The molecule has 0 radical (unpaired) electrons. The van der Waals surface area contributed by atoms with Crippen LogP contribution in [0, 0.1) is 78.7 Å². The van der Waals surface area contributed by atoms with E-state index in [1.807, 2.05) is 79.7 Å². The van der Waals surface area contributed by atoms with Crippen LogP contribution in [0.3, 0.4) is 0 Å². The average Bonchev–Trinajstić information content (AvgIpc) is 1.27. The zero-order chi connectivity index (χ0) is 97.5. The van der Waals surface area contributed by atoms with Crippen LogP contribution in [0.2, 0.25) is 10.3 Å². The smallest absolute Gasteiger partial charge is 0.261 e. The minimum atomic E-state index is -0.373. The second-order valence-corrected chi connectivity index (χ2v) is 39.2. The van der Waals surface area contributed by atoms with E-state index in [1.165, 1.54) is 76.6 Å². The maximum absolute atomic E-state index is 15.2. The van der Waals surface area contributed by atoms with Crippen LogP contribution in [0.15, 0.2) is 66.6 Å². The van der Waals surface area contributed by atoms with Crippen LogP contribution >= 0.6 is 23.2 Å². The fourth-order valence-electron chi connectivity index (χ4n) is 20.5. The van der Waals surface area contributed by atoms with E-state index in [1.54, 1.807) is 39.8 Å². The molecule has 0 amide bonds. The van der Waals surface area contributed by atoms with Gasteiger partial charge in [-0.1, -0.05) is 71.5 Å². The summed E-state index contributed by atoms with van der Waals surface area (Å²) >= 11 is 12.4. The van der Waals surface area contributed by atoms with Gasteiger partial charge in [-0.15, -0.1) is 0 Å². The Balaban J connectivity index is 0.000000130. The third-order valence-electron chi connectivity index (χ3n) is 28.2. The fraction of sp³-hybridized carbons (Fsp3) is 0.577. The summed E-state index contributed by atoms with van der Waals surface area (Å²) in [7, 11) is 0. The summed E-state index contributed by atoms with van der Waals surface area (Å²) < 4.78 is 102. The summed E-state index contributed by atoms with van der Waals surface area (Å²) in [5.74, 6) is 3.79. The summed E-state index contributed by atoms with van der Waals surface area (Å²) in [4.78, 5) is 40.1. The van der Waals surface area contributed by atoms with Crippen molar-refractivity contribution < 1.29 is 54.6 Å². The topological polar surface area (TPSA) is 323 Å². The van der Waals surface area contributed by atoms with Crippen molar-refractivity contribution in [3.05, 3.63) is 150 Å². The molecule has 16 heterocycles. The van der Waals surface area contributed by atoms with Crippen LogP contribution in [0.25, 0.3) is 89.4 Å². The molecule has 138 heavy (non-hydrogen) atoms. The zero-order valence-corrected chi connectivity index (χ0v) is 84.5. The highest BCUT2D eigenvalue weighted by atomic mass is 35.5. The summed E-state index contributed by atoms with van der Waals surface area (Å²) in [5.41, 5.74) is 11.2. The van der Waals surface area contributed by atoms with Crippen molar-refractivity contribution in [3.8, 4) is 45.8 Å². The molecule has 8 atom stereocenters. The Morgan fingerprint density at radius 3 is 0.826 bits per heavy atom. The number of ether oxygens (including phenoxy) is 4. The van der Waals surface area contributed by atoms with E-state index in [4.69, 9.17) is 70.2 Å². The third kappa shape index (κ3) is 25.4. The Morgan fingerprint density at radius 1 is 0.326 bits per heavy atom. The number of piperidine rings is 4. The van der Waals surface area contributed by atoms with E-state index in [0.717, 1.165) is 233 Å². The normalized spacial score (nSPS) is 21.5. The minimum absolute atomic E-state index is 0.159. The van der Waals surface area contributed by atoms with Gasteiger partial charge >= 0.3 is 0 Å². The molecule has 34 heteroatoms. The standard InChI is InChI=1S/2C26H34FN5O2.2C15H13ClFN3O.2C11H22N2O/c2*1-5-18-13-21-16(3)23(26-28-17(4)31-34-26)25(30-24(21)22(27)14-18)32-9-6-20(12-15(32)2)29-19-7-10-33-11-8-19;2*1-4-9-5-10-7(2)12(15-18-8(3)20-21-15)14(16)19-13(10)11(17)6-9;2*1-9-8-11(2-5-12-9)13-10-3-6-14-7-4-10/h2*13-15,19-20,29H,5-12H2,1-4H3;2*5-6H,4H2,1-3H3;2*9-13H,2-8H2,1H3/t15-,20+;15-,20-;;;9-,11+;9-,11-/m10..10/s1. The van der Waals surface area contributed by atoms with Crippen LogP contribution in [-0.2, 0) is 44.6 Å². The van der Waals surface area contributed by atoms with Crippen LogP contribution in [0.4, 0.5) is 29.2 Å². The maximum atomic E-state index is 15.2. The SMILES string of the molecule is CCc1cc(F)c2nc(Cl)c(-c3nc(C)no3)c(C)c2c1.CCc1cc(F)c2nc(Cl)c(-c3nc(C)no3)c(C)c2c1.CCc1cc(F)c2nc(N3CC[C@H](NC4CCOCC4)C[C@@H]3C)c(-c3nc(C)no3)c(C)c2c1.CCc1cc(F)c2nc(N3CC[C@H](NC4CCOCC4)C[C@H]3C)c(-c3nc(C)no3)c(C)c2c1.C[C@@H]1C[C@@H](NC2CCOCC2)CCN1.C[C@H]1C[C@@H](NC2CCOCC2)CCN1. The number of aromatic nitrogens is 12. The molecule has 8 saturated heterocycles. The van der Waals surface area contributed by atoms with Gasteiger partial charge in [0.1, 0.15) is 67.3 Å². The molecule has 8 fully saturated rings. The largest absolute Gasteiger partial charge is 0.381 e. The molecular weight excluding hydrogens is 1800 g/mol. The number of rotatable bonds is 18. The van der Waals surface area contributed by atoms with Crippen molar-refractivity contribution in [3.63, 3.8) is 0 Å². The molecule has 28 nitrogen and oxygen atoms in total. The van der Waals surface area contributed by atoms with Gasteiger partial charge in [-0.2, -0.15) is 19.9 Å². The molecular formula is C104H138Cl2F4N20O8. The third-order valence-corrected chi connectivity index (χ3v) is 28.8. The number of aryl methyl sites for hydroxylation is 12. The number of anilines is 2. The lowest BCUT2D eigenvalue weighted by Gasteiger charge is -2.41. The zero-order valence-electron chi connectivity index (χ0n) is 83.0. The van der Waals surface area contributed by atoms with Gasteiger partial charge < -0.3 is 78.7 Å². The van der Waals surface area contributed by atoms with Gasteiger partial charge in [0.25, 0.3) is 23.6 Å². The summed E-state index contributed by atoms with van der Waals surface area (Å²) in [6.07, 6.45) is 21.1. The molecule has 0 aliphatic carbocycles. The highest BCUT2D eigenvalue weighted by Gasteiger charge is 2.37. The van der Waals surface area contributed by atoms with Crippen molar-refractivity contribution in [1.29, 1.82) is 0 Å². The van der Waals surface area contributed by atoms with E-state index < -0.39 is 0 Å². The molecule has 0 saturated carbocycles. The number of halogens is 6.